The van der Waals surface area contributed by atoms with Crippen molar-refractivity contribution in [1.29, 1.82) is 0 Å². The first-order valence-corrected chi connectivity index (χ1v) is 9.61. The highest BCUT2D eigenvalue weighted by molar-refractivity contribution is 7.59. The summed E-state index contributed by atoms with van der Waals surface area (Å²) < 4.78 is 15.0. The van der Waals surface area contributed by atoms with Crippen LogP contribution in [0, 0.1) is 0 Å². The number of nitrogens with zero attached hydrogens (tertiary/aromatic N) is 1. The summed E-state index contributed by atoms with van der Waals surface area (Å²) in [6.07, 6.45) is 4.23. The molecule has 0 amide bonds. The minimum absolute atomic E-state index is 0.450. The SMILES string of the molecule is C=CNCCP(=O)(NCCCC)N(CCCl)CCCl. The van der Waals surface area contributed by atoms with Crippen molar-refractivity contribution in [3.05, 3.63) is 12.8 Å². The third-order valence-corrected chi connectivity index (χ3v) is 5.93. The molecule has 0 aromatic heterocycles. The molecule has 0 aliphatic rings. The van der Waals surface area contributed by atoms with E-state index in [1.54, 1.807) is 6.20 Å². The van der Waals surface area contributed by atoms with Gasteiger partial charge in [-0.1, -0.05) is 19.9 Å². The second kappa shape index (κ2) is 12.0. The van der Waals surface area contributed by atoms with E-state index in [1.807, 2.05) is 4.67 Å². The number of alkyl halides is 2. The highest BCUT2D eigenvalue weighted by Crippen LogP contribution is 2.44. The van der Waals surface area contributed by atoms with Crippen LogP contribution in [0.1, 0.15) is 19.8 Å². The second-order valence-electron chi connectivity index (χ2n) is 4.18. The molecule has 1 unspecified atom stereocenters. The van der Waals surface area contributed by atoms with Gasteiger partial charge in [0.25, 0.3) is 0 Å². The lowest BCUT2D eigenvalue weighted by molar-refractivity contribution is 0.433. The minimum Gasteiger partial charge on any atom is -0.391 e. The first kappa shape index (κ1) is 19.3. The molecule has 4 nitrogen and oxygen atoms in total. The van der Waals surface area contributed by atoms with Crippen molar-refractivity contribution in [2.75, 3.05) is 44.1 Å². The fraction of sp³-hybridized carbons (Fsp3) is 0.833. The van der Waals surface area contributed by atoms with Crippen molar-refractivity contribution in [2.24, 2.45) is 0 Å². The Bertz CT molecular complexity index is 274. The van der Waals surface area contributed by atoms with E-state index in [0.717, 1.165) is 19.4 Å². The lowest BCUT2D eigenvalue weighted by Crippen LogP contribution is -2.35. The Balaban J connectivity index is 4.65. The van der Waals surface area contributed by atoms with E-state index in [4.69, 9.17) is 23.2 Å². The van der Waals surface area contributed by atoms with Gasteiger partial charge in [0, 0.05) is 44.1 Å². The molecule has 0 aliphatic carbocycles. The van der Waals surface area contributed by atoms with E-state index in [9.17, 15) is 4.57 Å². The Hall–Kier alpha value is 0.270. The molecule has 1 atom stereocenters. The first-order valence-electron chi connectivity index (χ1n) is 6.70. The standard InChI is InChI=1S/C12H26Cl2N3OP/c1-3-5-8-16-19(18,12-9-15-4-2)17(10-6-13)11-7-14/h4,15H,2-3,5-12H2,1H3,(H,16,18). The van der Waals surface area contributed by atoms with Crippen LogP contribution in [0.15, 0.2) is 12.8 Å². The summed E-state index contributed by atoms with van der Waals surface area (Å²) in [5, 5.41) is 6.21. The van der Waals surface area contributed by atoms with E-state index in [-0.39, 0.29) is 0 Å². The maximum Gasteiger partial charge on any atom is 0.215 e. The van der Waals surface area contributed by atoms with E-state index in [0.29, 0.717) is 37.6 Å². The molecule has 0 bridgehead atoms. The quantitative estimate of drug-likeness (QED) is 0.309. The predicted octanol–water partition coefficient (Wildman–Crippen LogP) is 3.08. The lowest BCUT2D eigenvalue weighted by Gasteiger charge is -2.31. The van der Waals surface area contributed by atoms with Crippen molar-refractivity contribution in [3.8, 4) is 0 Å². The topological polar surface area (TPSA) is 44.4 Å². The minimum atomic E-state index is -2.62. The number of unbranched alkanes of at least 4 members (excludes halogenated alkanes) is 1. The fourth-order valence-electron chi connectivity index (χ4n) is 1.70. The van der Waals surface area contributed by atoms with Gasteiger partial charge in [-0.05, 0) is 12.6 Å². The van der Waals surface area contributed by atoms with E-state index in [2.05, 4.69) is 23.9 Å². The molecule has 0 saturated heterocycles. The number of rotatable bonds is 13. The highest BCUT2D eigenvalue weighted by Gasteiger charge is 2.28. The Morgan fingerprint density at radius 3 is 2.37 bits per heavy atom. The molecular formula is C12H26Cl2N3OP. The van der Waals surface area contributed by atoms with Gasteiger partial charge in [-0.25, -0.2) is 4.67 Å². The van der Waals surface area contributed by atoms with Crippen molar-refractivity contribution >= 4 is 30.6 Å². The lowest BCUT2D eigenvalue weighted by atomic mass is 10.3. The van der Waals surface area contributed by atoms with Crippen LogP contribution in [0.4, 0.5) is 0 Å². The molecule has 0 heterocycles. The number of nitrogens with one attached hydrogen (secondary N) is 2. The third-order valence-electron chi connectivity index (χ3n) is 2.73. The molecule has 0 radical (unpaired) electrons. The fourth-order valence-corrected chi connectivity index (χ4v) is 4.77. The van der Waals surface area contributed by atoms with Gasteiger partial charge in [0.1, 0.15) is 0 Å². The van der Waals surface area contributed by atoms with Crippen molar-refractivity contribution in [3.63, 3.8) is 0 Å². The Morgan fingerprint density at radius 2 is 1.89 bits per heavy atom. The molecule has 0 aliphatic heterocycles. The summed E-state index contributed by atoms with van der Waals surface area (Å²) in [7, 11) is -2.62. The molecule has 7 heteroatoms. The molecule has 0 aromatic rings. The Morgan fingerprint density at radius 1 is 1.26 bits per heavy atom. The van der Waals surface area contributed by atoms with Crippen LogP contribution in [-0.2, 0) is 4.57 Å². The van der Waals surface area contributed by atoms with Gasteiger partial charge in [0.2, 0.25) is 7.44 Å². The van der Waals surface area contributed by atoms with Crippen molar-refractivity contribution in [1.82, 2.24) is 15.1 Å². The zero-order valence-corrected chi connectivity index (χ0v) is 14.1. The van der Waals surface area contributed by atoms with E-state index >= 15 is 0 Å². The molecule has 0 saturated carbocycles. The summed E-state index contributed by atoms with van der Waals surface area (Å²) in [6.45, 7) is 8.25. The van der Waals surface area contributed by atoms with Crippen LogP contribution in [0.25, 0.3) is 0 Å². The predicted molar refractivity (Wildman–Crippen MR) is 86.6 cm³/mol. The van der Waals surface area contributed by atoms with Gasteiger partial charge >= 0.3 is 0 Å². The first-order chi connectivity index (χ1) is 9.14. The van der Waals surface area contributed by atoms with Crippen LogP contribution >= 0.6 is 30.6 Å². The van der Waals surface area contributed by atoms with Gasteiger partial charge in [0.15, 0.2) is 0 Å². The molecule has 114 valence electrons. The second-order valence-corrected chi connectivity index (χ2v) is 7.66. The zero-order chi connectivity index (χ0) is 14.6. The Labute approximate surface area is 127 Å². The van der Waals surface area contributed by atoms with Gasteiger partial charge in [-0.2, -0.15) is 0 Å². The largest absolute Gasteiger partial charge is 0.391 e. The summed E-state index contributed by atoms with van der Waals surface area (Å²) in [5.41, 5.74) is 0. The van der Waals surface area contributed by atoms with E-state index < -0.39 is 7.44 Å². The number of hydrogen-bond acceptors (Lipinski definition) is 2. The third kappa shape index (κ3) is 8.21. The normalized spacial score (nSPS) is 14.3. The smallest absolute Gasteiger partial charge is 0.215 e. The summed E-state index contributed by atoms with van der Waals surface area (Å²) >= 11 is 11.6. The van der Waals surface area contributed by atoms with Gasteiger partial charge in [-0.15, -0.1) is 23.2 Å². The molecule has 2 N–H and O–H groups in total. The zero-order valence-electron chi connectivity index (χ0n) is 11.7. The van der Waals surface area contributed by atoms with Crippen LogP contribution in [0.3, 0.4) is 0 Å². The van der Waals surface area contributed by atoms with Crippen LogP contribution in [-0.4, -0.2) is 48.8 Å². The van der Waals surface area contributed by atoms with E-state index in [1.165, 1.54) is 0 Å². The number of halogens is 2. The highest BCUT2D eigenvalue weighted by atomic mass is 35.5. The molecular weight excluding hydrogens is 304 g/mol. The van der Waals surface area contributed by atoms with Crippen molar-refractivity contribution in [2.45, 2.75) is 19.8 Å². The maximum absolute atomic E-state index is 13.1. The Kier molecular flexibility index (Phi) is 12.2. The average molecular weight is 330 g/mol. The molecule has 0 fully saturated rings. The summed E-state index contributed by atoms with van der Waals surface area (Å²) in [5.74, 6) is 0.899. The van der Waals surface area contributed by atoms with Crippen LogP contribution < -0.4 is 10.4 Å². The monoisotopic (exact) mass is 329 g/mol. The molecule has 19 heavy (non-hydrogen) atoms. The summed E-state index contributed by atoms with van der Waals surface area (Å²) in [6, 6.07) is 0. The van der Waals surface area contributed by atoms with Gasteiger partial charge in [-0.3, -0.25) is 9.65 Å². The molecule has 0 aromatic carbocycles. The van der Waals surface area contributed by atoms with Crippen LogP contribution in [0.5, 0.6) is 0 Å². The number of hydrogen-bond donors (Lipinski definition) is 2. The van der Waals surface area contributed by atoms with Gasteiger partial charge in [0.05, 0.1) is 0 Å². The average Bonchev–Trinajstić information content (AvgIpc) is 2.39. The molecule has 0 rings (SSSR count). The van der Waals surface area contributed by atoms with Gasteiger partial charge < -0.3 is 5.32 Å². The van der Waals surface area contributed by atoms with Crippen molar-refractivity contribution < 1.29 is 4.57 Å². The maximum atomic E-state index is 13.1. The molecule has 0 spiro atoms. The van der Waals surface area contributed by atoms with Crippen LogP contribution in [0.2, 0.25) is 0 Å². The summed E-state index contributed by atoms with van der Waals surface area (Å²) in [4.78, 5) is 0.